The molecule has 1 aromatic heterocycles. The maximum atomic E-state index is 12.3. The SMILES string of the molecule is CC1CCCC(CO)(NC(=O)c2ccnc(Br)c2)C1. The molecule has 19 heavy (non-hydrogen) atoms. The lowest BCUT2D eigenvalue weighted by atomic mass is 9.76. The summed E-state index contributed by atoms with van der Waals surface area (Å²) in [7, 11) is 0. The maximum absolute atomic E-state index is 12.3. The fourth-order valence-corrected chi connectivity index (χ4v) is 3.18. The van der Waals surface area contributed by atoms with Crippen molar-refractivity contribution in [1.29, 1.82) is 0 Å². The molecular weight excluding hydrogens is 308 g/mol. The lowest BCUT2D eigenvalue weighted by Crippen LogP contribution is -2.53. The first-order valence-corrected chi connectivity index (χ1v) is 7.39. The summed E-state index contributed by atoms with van der Waals surface area (Å²) >= 11 is 3.26. The quantitative estimate of drug-likeness (QED) is 0.839. The number of nitrogens with one attached hydrogen (secondary N) is 1. The average molecular weight is 327 g/mol. The Morgan fingerprint density at radius 1 is 1.68 bits per heavy atom. The van der Waals surface area contributed by atoms with Gasteiger partial charge in [0.1, 0.15) is 4.60 Å². The average Bonchev–Trinajstić information content (AvgIpc) is 2.38. The highest BCUT2D eigenvalue weighted by Crippen LogP contribution is 2.32. The zero-order valence-corrected chi connectivity index (χ0v) is 12.6. The molecular formula is C14H19BrN2O2. The second kappa shape index (κ2) is 6.01. The van der Waals surface area contributed by atoms with Gasteiger partial charge >= 0.3 is 0 Å². The molecule has 5 heteroatoms. The van der Waals surface area contributed by atoms with Crippen molar-refractivity contribution in [1.82, 2.24) is 10.3 Å². The Kier molecular flexibility index (Phi) is 4.58. The summed E-state index contributed by atoms with van der Waals surface area (Å²) in [6.07, 6.45) is 5.47. The van der Waals surface area contributed by atoms with Crippen LogP contribution in [0.2, 0.25) is 0 Å². The van der Waals surface area contributed by atoms with Gasteiger partial charge in [-0.15, -0.1) is 0 Å². The van der Waals surface area contributed by atoms with Crippen LogP contribution in [0.3, 0.4) is 0 Å². The zero-order chi connectivity index (χ0) is 13.9. The van der Waals surface area contributed by atoms with E-state index >= 15 is 0 Å². The van der Waals surface area contributed by atoms with Gasteiger partial charge in [0.15, 0.2) is 0 Å². The summed E-state index contributed by atoms with van der Waals surface area (Å²) in [6.45, 7) is 2.16. The van der Waals surface area contributed by atoms with Crippen LogP contribution in [-0.2, 0) is 0 Å². The summed E-state index contributed by atoms with van der Waals surface area (Å²) in [5.41, 5.74) is 0.0951. The number of carbonyl (C=O) groups excluding carboxylic acids is 1. The first-order chi connectivity index (χ1) is 9.04. The van der Waals surface area contributed by atoms with Gasteiger partial charge in [0, 0.05) is 11.8 Å². The molecule has 2 N–H and O–H groups in total. The molecule has 0 aliphatic heterocycles. The minimum Gasteiger partial charge on any atom is -0.394 e. The van der Waals surface area contributed by atoms with Crippen LogP contribution in [-0.4, -0.2) is 28.1 Å². The monoisotopic (exact) mass is 326 g/mol. The van der Waals surface area contributed by atoms with Gasteiger partial charge in [0.25, 0.3) is 5.91 Å². The van der Waals surface area contributed by atoms with Gasteiger partial charge in [-0.2, -0.15) is 0 Å². The molecule has 0 radical (unpaired) electrons. The topological polar surface area (TPSA) is 62.2 Å². The van der Waals surface area contributed by atoms with Crippen LogP contribution in [0, 0.1) is 5.92 Å². The third-order valence-electron chi connectivity index (χ3n) is 3.76. The molecule has 2 unspecified atom stereocenters. The third-order valence-corrected chi connectivity index (χ3v) is 4.20. The summed E-state index contributed by atoms with van der Waals surface area (Å²) in [4.78, 5) is 16.3. The molecule has 0 spiro atoms. The predicted octanol–water partition coefficient (Wildman–Crippen LogP) is 2.52. The van der Waals surface area contributed by atoms with Crippen LogP contribution in [0.1, 0.15) is 43.0 Å². The Morgan fingerprint density at radius 3 is 3.11 bits per heavy atom. The number of aliphatic hydroxyl groups is 1. The lowest BCUT2D eigenvalue weighted by molar-refractivity contribution is 0.0697. The second-order valence-corrected chi connectivity index (χ2v) is 6.27. The van der Waals surface area contributed by atoms with Crippen molar-refractivity contribution in [3.05, 3.63) is 28.5 Å². The van der Waals surface area contributed by atoms with Crippen LogP contribution in [0.25, 0.3) is 0 Å². The largest absolute Gasteiger partial charge is 0.394 e. The molecule has 1 heterocycles. The Labute approximate surface area is 121 Å². The number of carbonyl (C=O) groups is 1. The van der Waals surface area contributed by atoms with E-state index in [-0.39, 0.29) is 12.5 Å². The molecule has 1 aliphatic carbocycles. The van der Waals surface area contributed by atoms with Gasteiger partial charge in [0.2, 0.25) is 0 Å². The number of hydrogen-bond acceptors (Lipinski definition) is 3. The Bertz CT molecular complexity index is 467. The summed E-state index contributed by atoms with van der Waals surface area (Å²) in [5, 5.41) is 12.7. The summed E-state index contributed by atoms with van der Waals surface area (Å²) < 4.78 is 0.634. The standard InChI is InChI=1S/C14H19BrN2O2/c1-10-3-2-5-14(8-10,9-18)17-13(19)11-4-6-16-12(15)7-11/h4,6-7,10,18H,2-3,5,8-9H2,1H3,(H,17,19). The Hall–Kier alpha value is -0.940. The number of hydrogen-bond donors (Lipinski definition) is 2. The number of aliphatic hydroxyl groups excluding tert-OH is 1. The first kappa shape index (κ1) is 14.5. The predicted molar refractivity (Wildman–Crippen MR) is 76.9 cm³/mol. The lowest BCUT2D eigenvalue weighted by Gasteiger charge is -2.39. The van der Waals surface area contributed by atoms with Crippen LogP contribution >= 0.6 is 15.9 Å². The molecule has 0 saturated heterocycles. The molecule has 1 fully saturated rings. The maximum Gasteiger partial charge on any atom is 0.251 e. The van der Waals surface area contributed by atoms with E-state index in [4.69, 9.17) is 0 Å². The second-order valence-electron chi connectivity index (χ2n) is 5.46. The molecule has 0 bridgehead atoms. The van der Waals surface area contributed by atoms with Crippen molar-refractivity contribution in [3.63, 3.8) is 0 Å². The minimum absolute atomic E-state index is 0.00463. The number of rotatable bonds is 3. The Balaban J connectivity index is 2.12. The number of aromatic nitrogens is 1. The molecule has 2 atom stereocenters. The number of nitrogens with zero attached hydrogens (tertiary/aromatic N) is 1. The molecule has 1 saturated carbocycles. The van der Waals surface area contributed by atoms with Crippen molar-refractivity contribution in [3.8, 4) is 0 Å². The van der Waals surface area contributed by atoms with E-state index in [1.807, 2.05) is 0 Å². The summed E-state index contributed by atoms with van der Waals surface area (Å²) in [5.74, 6) is 0.386. The molecule has 2 rings (SSSR count). The molecule has 1 aliphatic rings. The van der Waals surface area contributed by atoms with E-state index in [0.717, 1.165) is 19.3 Å². The first-order valence-electron chi connectivity index (χ1n) is 6.60. The minimum atomic E-state index is -0.468. The van der Waals surface area contributed by atoms with Gasteiger partial charge in [-0.05, 0) is 46.8 Å². The van der Waals surface area contributed by atoms with Crippen molar-refractivity contribution in [2.75, 3.05) is 6.61 Å². The smallest absolute Gasteiger partial charge is 0.251 e. The van der Waals surface area contributed by atoms with Gasteiger partial charge in [0.05, 0.1) is 12.1 Å². The van der Waals surface area contributed by atoms with E-state index in [2.05, 4.69) is 33.2 Å². The molecule has 0 aromatic carbocycles. The van der Waals surface area contributed by atoms with Crippen LogP contribution in [0.5, 0.6) is 0 Å². The molecule has 4 nitrogen and oxygen atoms in total. The van der Waals surface area contributed by atoms with E-state index in [1.165, 1.54) is 6.42 Å². The van der Waals surface area contributed by atoms with E-state index in [1.54, 1.807) is 18.3 Å². The number of pyridine rings is 1. The van der Waals surface area contributed by atoms with Crippen molar-refractivity contribution in [2.24, 2.45) is 5.92 Å². The van der Waals surface area contributed by atoms with Gasteiger partial charge in [-0.25, -0.2) is 4.98 Å². The van der Waals surface area contributed by atoms with E-state index in [9.17, 15) is 9.90 Å². The molecule has 1 aromatic rings. The number of halogens is 1. The van der Waals surface area contributed by atoms with Gasteiger partial charge in [-0.1, -0.05) is 19.8 Å². The zero-order valence-electron chi connectivity index (χ0n) is 11.0. The fraction of sp³-hybridized carbons (Fsp3) is 0.571. The van der Waals surface area contributed by atoms with E-state index in [0.29, 0.717) is 16.1 Å². The van der Waals surface area contributed by atoms with Crippen LogP contribution in [0.15, 0.2) is 22.9 Å². The summed E-state index contributed by atoms with van der Waals surface area (Å²) in [6, 6.07) is 3.37. The highest BCUT2D eigenvalue weighted by Gasteiger charge is 2.35. The fourth-order valence-electron chi connectivity index (χ4n) is 2.81. The van der Waals surface area contributed by atoms with Crippen molar-refractivity contribution >= 4 is 21.8 Å². The van der Waals surface area contributed by atoms with Gasteiger partial charge in [-0.3, -0.25) is 4.79 Å². The number of amides is 1. The Morgan fingerprint density at radius 2 is 2.47 bits per heavy atom. The van der Waals surface area contributed by atoms with Crippen molar-refractivity contribution in [2.45, 2.75) is 38.1 Å². The van der Waals surface area contributed by atoms with Crippen LogP contribution in [0.4, 0.5) is 0 Å². The highest BCUT2D eigenvalue weighted by molar-refractivity contribution is 9.10. The van der Waals surface area contributed by atoms with Gasteiger partial charge < -0.3 is 10.4 Å². The molecule has 104 valence electrons. The van der Waals surface area contributed by atoms with Crippen molar-refractivity contribution < 1.29 is 9.90 Å². The third kappa shape index (κ3) is 3.54. The van der Waals surface area contributed by atoms with E-state index < -0.39 is 5.54 Å². The molecule has 1 amide bonds. The normalized spacial score (nSPS) is 27.0. The highest BCUT2D eigenvalue weighted by atomic mass is 79.9. The van der Waals surface area contributed by atoms with Crippen LogP contribution < -0.4 is 5.32 Å².